The van der Waals surface area contributed by atoms with Crippen molar-refractivity contribution in [3.63, 3.8) is 0 Å². The minimum atomic E-state index is -1.20. The van der Waals surface area contributed by atoms with E-state index in [2.05, 4.69) is 14.7 Å². The summed E-state index contributed by atoms with van der Waals surface area (Å²) in [5.41, 5.74) is 2.52. The zero-order chi connectivity index (χ0) is 22.0. The highest BCUT2D eigenvalue weighted by Crippen LogP contribution is 2.40. The molecule has 0 fully saturated rings. The van der Waals surface area contributed by atoms with Gasteiger partial charge in [-0.2, -0.15) is 4.37 Å². The highest BCUT2D eigenvalue weighted by molar-refractivity contribution is 7.14. The zero-order valence-electron chi connectivity index (χ0n) is 16.0. The fraction of sp³-hybridized carbons (Fsp3) is 0.0909. The number of aromatic hydroxyl groups is 1. The van der Waals surface area contributed by atoms with Crippen molar-refractivity contribution in [3.05, 3.63) is 76.6 Å². The molecule has 2 heterocycles. The van der Waals surface area contributed by atoms with Gasteiger partial charge in [-0.1, -0.05) is 54.1 Å². The van der Waals surface area contributed by atoms with Crippen LogP contribution >= 0.6 is 23.1 Å². The SMILES string of the molecule is O=C(O)CNC(=O)c1nc(Cc2ccccc2)c2snc(-c3ccc(Cl)cc3)c2c1O. The highest BCUT2D eigenvalue weighted by atomic mass is 35.5. The van der Waals surface area contributed by atoms with Crippen molar-refractivity contribution in [3.8, 4) is 17.0 Å². The van der Waals surface area contributed by atoms with Gasteiger partial charge in [-0.15, -0.1) is 0 Å². The zero-order valence-corrected chi connectivity index (χ0v) is 17.6. The number of hydrogen-bond donors (Lipinski definition) is 3. The Labute approximate surface area is 186 Å². The summed E-state index contributed by atoms with van der Waals surface area (Å²) >= 11 is 7.17. The van der Waals surface area contributed by atoms with E-state index >= 15 is 0 Å². The Morgan fingerprint density at radius 1 is 1.06 bits per heavy atom. The van der Waals surface area contributed by atoms with Crippen LogP contribution < -0.4 is 5.32 Å². The lowest BCUT2D eigenvalue weighted by Crippen LogP contribution is -2.30. The molecule has 2 aromatic heterocycles. The van der Waals surface area contributed by atoms with E-state index in [-0.39, 0.29) is 11.4 Å². The van der Waals surface area contributed by atoms with Crippen LogP contribution in [0.25, 0.3) is 21.3 Å². The maximum Gasteiger partial charge on any atom is 0.322 e. The van der Waals surface area contributed by atoms with Crippen LogP contribution in [0.2, 0.25) is 5.02 Å². The molecule has 0 saturated heterocycles. The molecule has 7 nitrogen and oxygen atoms in total. The Kier molecular flexibility index (Phi) is 5.83. The number of hydrogen-bond acceptors (Lipinski definition) is 6. The minimum Gasteiger partial charge on any atom is -0.505 e. The van der Waals surface area contributed by atoms with Crippen LogP contribution in [0.4, 0.5) is 0 Å². The summed E-state index contributed by atoms with van der Waals surface area (Å²) in [7, 11) is 0. The fourth-order valence-electron chi connectivity index (χ4n) is 3.18. The normalized spacial score (nSPS) is 10.9. The Hall–Kier alpha value is -3.49. The number of carboxylic acids is 1. The number of carboxylic acid groups (broad SMARTS) is 1. The van der Waals surface area contributed by atoms with Gasteiger partial charge in [-0.25, -0.2) is 4.98 Å². The first-order chi connectivity index (χ1) is 14.9. The average Bonchev–Trinajstić information content (AvgIpc) is 3.21. The molecule has 0 saturated carbocycles. The number of halogens is 1. The van der Waals surface area contributed by atoms with Crippen molar-refractivity contribution >= 4 is 45.1 Å². The smallest absolute Gasteiger partial charge is 0.322 e. The number of nitrogens with one attached hydrogen (secondary N) is 1. The number of nitrogens with zero attached hydrogens (tertiary/aromatic N) is 2. The van der Waals surface area contributed by atoms with Gasteiger partial charge in [0.1, 0.15) is 6.54 Å². The monoisotopic (exact) mass is 453 g/mol. The maximum atomic E-state index is 12.6. The van der Waals surface area contributed by atoms with Gasteiger partial charge in [0.2, 0.25) is 0 Å². The largest absolute Gasteiger partial charge is 0.505 e. The maximum absolute atomic E-state index is 12.6. The van der Waals surface area contributed by atoms with E-state index in [1.54, 1.807) is 24.3 Å². The first-order valence-corrected chi connectivity index (χ1v) is 10.4. The molecule has 31 heavy (non-hydrogen) atoms. The van der Waals surface area contributed by atoms with E-state index in [9.17, 15) is 14.7 Å². The van der Waals surface area contributed by atoms with E-state index in [0.29, 0.717) is 32.9 Å². The standard InChI is InChI=1S/C22H16ClN3O4S/c23-14-8-6-13(7-9-14)18-17-20(29)19(22(30)24-11-16(27)28)25-15(21(17)31-26-18)10-12-4-2-1-3-5-12/h1-9,29H,10-11H2,(H,24,30)(H,27,28). The molecule has 0 aliphatic carbocycles. The molecular formula is C22H16ClN3O4S. The summed E-state index contributed by atoms with van der Waals surface area (Å²) < 4.78 is 5.16. The number of carbonyl (C=O) groups is 2. The van der Waals surface area contributed by atoms with E-state index in [4.69, 9.17) is 16.7 Å². The average molecular weight is 454 g/mol. The van der Waals surface area contributed by atoms with Crippen LogP contribution in [0.5, 0.6) is 5.75 Å². The second-order valence-electron chi connectivity index (χ2n) is 6.74. The van der Waals surface area contributed by atoms with Gasteiger partial charge >= 0.3 is 5.97 Å². The quantitative estimate of drug-likeness (QED) is 0.404. The molecule has 156 valence electrons. The van der Waals surface area contributed by atoms with E-state index in [1.807, 2.05) is 30.3 Å². The molecule has 4 rings (SSSR count). The molecule has 0 bridgehead atoms. The summed E-state index contributed by atoms with van der Waals surface area (Å²) in [5, 5.41) is 23.0. The van der Waals surface area contributed by atoms with E-state index < -0.39 is 18.4 Å². The van der Waals surface area contributed by atoms with Crippen LogP contribution in [0.1, 0.15) is 21.7 Å². The number of benzene rings is 2. The molecular weight excluding hydrogens is 438 g/mol. The van der Waals surface area contributed by atoms with Crippen molar-refractivity contribution in [2.75, 3.05) is 6.54 Å². The summed E-state index contributed by atoms with van der Waals surface area (Å²) in [6.45, 7) is -0.585. The summed E-state index contributed by atoms with van der Waals surface area (Å²) in [6, 6.07) is 16.6. The van der Waals surface area contributed by atoms with Gasteiger partial charge in [0, 0.05) is 17.0 Å². The van der Waals surface area contributed by atoms with Crippen molar-refractivity contribution in [2.24, 2.45) is 0 Å². The van der Waals surface area contributed by atoms with Gasteiger partial charge in [-0.05, 0) is 29.2 Å². The van der Waals surface area contributed by atoms with E-state index in [1.165, 1.54) is 11.5 Å². The molecule has 9 heteroatoms. The number of aliphatic carboxylic acids is 1. The second-order valence-corrected chi connectivity index (χ2v) is 7.95. The Morgan fingerprint density at radius 3 is 2.45 bits per heavy atom. The van der Waals surface area contributed by atoms with Gasteiger partial charge in [0.05, 0.1) is 21.5 Å². The number of aromatic nitrogens is 2. The Morgan fingerprint density at radius 2 is 1.77 bits per heavy atom. The third-order valence-electron chi connectivity index (χ3n) is 4.61. The molecule has 0 unspecified atom stereocenters. The van der Waals surface area contributed by atoms with Crippen LogP contribution in [0, 0.1) is 0 Å². The predicted octanol–water partition coefficient (Wildman–Crippen LogP) is 4.12. The van der Waals surface area contributed by atoms with Gasteiger partial charge in [0.25, 0.3) is 5.91 Å². The third-order valence-corrected chi connectivity index (χ3v) is 5.76. The summed E-state index contributed by atoms with van der Waals surface area (Å²) in [4.78, 5) is 27.8. The Bertz CT molecular complexity index is 1270. The molecule has 0 aliphatic rings. The topological polar surface area (TPSA) is 112 Å². The Balaban J connectivity index is 1.89. The van der Waals surface area contributed by atoms with Crippen molar-refractivity contribution in [2.45, 2.75) is 6.42 Å². The first kappa shape index (κ1) is 20.8. The first-order valence-electron chi connectivity index (χ1n) is 9.25. The van der Waals surface area contributed by atoms with Crippen molar-refractivity contribution in [1.29, 1.82) is 0 Å². The third kappa shape index (κ3) is 4.35. The van der Waals surface area contributed by atoms with E-state index in [0.717, 1.165) is 11.1 Å². The van der Waals surface area contributed by atoms with Crippen molar-refractivity contribution < 1.29 is 19.8 Å². The molecule has 0 radical (unpaired) electrons. The summed E-state index contributed by atoms with van der Waals surface area (Å²) in [5.74, 6) is -2.31. The molecule has 0 aliphatic heterocycles. The number of rotatable bonds is 6. The second kappa shape index (κ2) is 8.71. The lowest BCUT2D eigenvalue weighted by molar-refractivity contribution is -0.135. The van der Waals surface area contributed by atoms with Crippen LogP contribution in [-0.2, 0) is 11.2 Å². The van der Waals surface area contributed by atoms with Crippen LogP contribution in [0.3, 0.4) is 0 Å². The molecule has 4 aromatic rings. The molecule has 0 spiro atoms. The highest BCUT2D eigenvalue weighted by Gasteiger charge is 2.24. The van der Waals surface area contributed by atoms with Crippen molar-refractivity contribution in [1.82, 2.24) is 14.7 Å². The molecule has 0 atom stereocenters. The van der Waals surface area contributed by atoms with Gasteiger partial charge in [0.15, 0.2) is 11.4 Å². The predicted molar refractivity (Wildman–Crippen MR) is 119 cm³/mol. The fourth-order valence-corrected chi connectivity index (χ4v) is 4.19. The number of fused-ring (bicyclic) bond motifs is 1. The molecule has 2 aromatic carbocycles. The lowest BCUT2D eigenvalue weighted by Gasteiger charge is -2.10. The lowest BCUT2D eigenvalue weighted by atomic mass is 10.0. The summed E-state index contributed by atoms with van der Waals surface area (Å²) in [6.07, 6.45) is 0.416. The number of carbonyl (C=O) groups excluding carboxylic acids is 1. The van der Waals surface area contributed by atoms with Crippen LogP contribution in [0.15, 0.2) is 54.6 Å². The number of pyridine rings is 1. The number of amides is 1. The van der Waals surface area contributed by atoms with Gasteiger partial charge < -0.3 is 15.5 Å². The minimum absolute atomic E-state index is 0.241. The van der Waals surface area contributed by atoms with Crippen LogP contribution in [-0.4, -0.2) is 38.0 Å². The molecule has 1 amide bonds. The van der Waals surface area contributed by atoms with Gasteiger partial charge in [-0.3, -0.25) is 9.59 Å². The molecule has 3 N–H and O–H groups in total.